The number of ether oxygens (including phenoxy) is 3. The highest BCUT2D eigenvalue weighted by Gasteiger charge is 2.16. The van der Waals surface area contributed by atoms with Crippen LogP contribution in [0.25, 0.3) is 11.3 Å². The van der Waals surface area contributed by atoms with Gasteiger partial charge in [-0.15, -0.1) is 0 Å². The van der Waals surface area contributed by atoms with Gasteiger partial charge >= 0.3 is 5.97 Å². The number of rotatable bonds is 7. The van der Waals surface area contributed by atoms with E-state index in [0.717, 1.165) is 15.7 Å². The lowest BCUT2D eigenvalue weighted by atomic mass is 10.1. The maximum Gasteiger partial charge on any atom is 0.340 e. The Balaban J connectivity index is 1.63. The molecule has 0 spiro atoms. The number of aryl methyl sites for hydroxylation is 1. The second-order valence-corrected chi connectivity index (χ2v) is 7.45. The zero-order chi connectivity index (χ0) is 22.4. The summed E-state index contributed by atoms with van der Waals surface area (Å²) in [5.74, 6) is -0.0893. The van der Waals surface area contributed by atoms with Gasteiger partial charge in [0.1, 0.15) is 11.5 Å². The molecule has 0 atom stereocenters. The number of pyridine rings is 1. The summed E-state index contributed by atoms with van der Waals surface area (Å²) in [6, 6.07) is 16.1. The number of benzene rings is 2. The molecule has 2 aromatic carbocycles. The van der Waals surface area contributed by atoms with Gasteiger partial charge in [-0.05, 0) is 43.3 Å². The molecule has 3 rings (SSSR count). The van der Waals surface area contributed by atoms with E-state index in [9.17, 15) is 9.59 Å². The zero-order valence-corrected chi connectivity index (χ0v) is 18.9. The lowest BCUT2D eigenvalue weighted by Crippen LogP contribution is -2.21. The molecule has 0 aliphatic carbocycles. The molecule has 1 heterocycles. The Hall–Kier alpha value is -3.39. The van der Waals surface area contributed by atoms with Crippen LogP contribution >= 0.6 is 15.9 Å². The molecule has 0 fully saturated rings. The van der Waals surface area contributed by atoms with Crippen molar-refractivity contribution in [2.75, 3.05) is 26.1 Å². The first-order valence-electron chi connectivity index (χ1n) is 9.34. The molecule has 7 nitrogen and oxygen atoms in total. The van der Waals surface area contributed by atoms with Crippen molar-refractivity contribution in [1.29, 1.82) is 0 Å². The van der Waals surface area contributed by atoms with E-state index in [1.807, 2.05) is 24.3 Å². The smallest absolute Gasteiger partial charge is 0.340 e. The van der Waals surface area contributed by atoms with Crippen molar-refractivity contribution in [3.8, 4) is 22.8 Å². The van der Waals surface area contributed by atoms with Crippen LogP contribution in [0.3, 0.4) is 0 Å². The maximum atomic E-state index is 12.4. The summed E-state index contributed by atoms with van der Waals surface area (Å²) in [5, 5.41) is 2.65. The summed E-state index contributed by atoms with van der Waals surface area (Å²) < 4.78 is 16.5. The van der Waals surface area contributed by atoms with Crippen LogP contribution in [-0.2, 0) is 9.53 Å². The Kier molecular flexibility index (Phi) is 7.25. The van der Waals surface area contributed by atoms with Crippen LogP contribution < -0.4 is 14.8 Å². The van der Waals surface area contributed by atoms with Crippen LogP contribution in [0.1, 0.15) is 16.1 Å². The van der Waals surface area contributed by atoms with Gasteiger partial charge in [-0.25, -0.2) is 4.79 Å². The Morgan fingerprint density at radius 1 is 1.03 bits per heavy atom. The lowest BCUT2D eigenvalue weighted by Gasteiger charge is -2.12. The van der Waals surface area contributed by atoms with Crippen LogP contribution in [0.5, 0.6) is 11.5 Å². The molecule has 0 aliphatic heterocycles. The Morgan fingerprint density at radius 2 is 1.84 bits per heavy atom. The number of hydrogen-bond donors (Lipinski definition) is 1. The molecule has 0 aliphatic rings. The lowest BCUT2D eigenvalue weighted by molar-refractivity contribution is -0.119. The molecule has 8 heteroatoms. The second-order valence-electron chi connectivity index (χ2n) is 6.53. The number of hydrogen-bond acceptors (Lipinski definition) is 6. The standard InChI is InChI=1S/C23H21BrN2O5/c1-14-18(8-10-19(25-14)15-5-4-6-16(24)11-15)23(28)31-13-22(27)26-20-9-7-17(29-2)12-21(20)30-3/h4-12H,13H2,1-3H3,(H,26,27). The van der Waals surface area contributed by atoms with Gasteiger partial charge in [-0.3, -0.25) is 9.78 Å². The van der Waals surface area contributed by atoms with E-state index in [-0.39, 0.29) is 0 Å². The molecule has 0 saturated carbocycles. The number of carbonyl (C=O) groups is 2. The predicted octanol–water partition coefficient (Wildman–Crippen LogP) is 4.63. The van der Waals surface area contributed by atoms with Crippen molar-refractivity contribution in [2.24, 2.45) is 0 Å². The minimum Gasteiger partial charge on any atom is -0.497 e. The second kappa shape index (κ2) is 10.1. The first-order chi connectivity index (χ1) is 14.9. The first-order valence-corrected chi connectivity index (χ1v) is 10.1. The van der Waals surface area contributed by atoms with Gasteiger partial charge in [0.15, 0.2) is 6.61 Å². The maximum absolute atomic E-state index is 12.4. The van der Waals surface area contributed by atoms with E-state index in [1.165, 1.54) is 14.2 Å². The molecular formula is C23H21BrN2O5. The molecule has 1 N–H and O–H groups in total. The Morgan fingerprint density at radius 3 is 2.52 bits per heavy atom. The molecule has 1 amide bonds. The number of carbonyl (C=O) groups excluding carboxylic acids is 2. The molecule has 0 unspecified atom stereocenters. The van der Waals surface area contributed by atoms with Gasteiger partial charge in [0, 0.05) is 16.1 Å². The molecular weight excluding hydrogens is 464 g/mol. The van der Waals surface area contributed by atoms with Crippen LogP contribution in [0.4, 0.5) is 5.69 Å². The number of halogens is 1. The normalized spacial score (nSPS) is 10.3. The monoisotopic (exact) mass is 484 g/mol. The average Bonchev–Trinajstić information content (AvgIpc) is 2.77. The average molecular weight is 485 g/mol. The van der Waals surface area contributed by atoms with Crippen molar-refractivity contribution >= 4 is 33.5 Å². The number of anilines is 1. The van der Waals surface area contributed by atoms with Crippen LogP contribution in [0, 0.1) is 6.92 Å². The minimum absolute atomic E-state index is 0.300. The van der Waals surface area contributed by atoms with Gasteiger partial charge in [0.25, 0.3) is 5.91 Å². The molecule has 31 heavy (non-hydrogen) atoms. The van der Waals surface area contributed by atoms with Crippen molar-refractivity contribution in [3.63, 3.8) is 0 Å². The SMILES string of the molecule is COc1ccc(NC(=O)COC(=O)c2ccc(-c3cccc(Br)c3)nc2C)c(OC)c1. The van der Waals surface area contributed by atoms with Gasteiger partial charge in [-0.2, -0.15) is 0 Å². The fourth-order valence-corrected chi connectivity index (χ4v) is 3.28. The Bertz CT molecular complexity index is 1120. The van der Waals surface area contributed by atoms with Crippen LogP contribution in [0.2, 0.25) is 0 Å². The van der Waals surface area contributed by atoms with Crippen LogP contribution in [0.15, 0.2) is 59.1 Å². The van der Waals surface area contributed by atoms with E-state index >= 15 is 0 Å². The topological polar surface area (TPSA) is 86.8 Å². The molecule has 0 saturated heterocycles. The van der Waals surface area contributed by atoms with Gasteiger partial charge < -0.3 is 19.5 Å². The minimum atomic E-state index is -0.623. The number of nitrogens with one attached hydrogen (secondary N) is 1. The van der Waals surface area contributed by atoms with Gasteiger partial charge in [0.2, 0.25) is 0 Å². The summed E-state index contributed by atoms with van der Waals surface area (Å²) in [6.07, 6.45) is 0. The molecule has 160 valence electrons. The van der Waals surface area contributed by atoms with E-state index < -0.39 is 18.5 Å². The third kappa shape index (κ3) is 5.61. The number of amides is 1. The van der Waals surface area contributed by atoms with E-state index in [2.05, 4.69) is 26.2 Å². The fraction of sp³-hybridized carbons (Fsp3) is 0.174. The van der Waals surface area contributed by atoms with E-state index in [4.69, 9.17) is 14.2 Å². The number of esters is 1. The van der Waals surface area contributed by atoms with Crippen LogP contribution in [-0.4, -0.2) is 37.7 Å². The van der Waals surface area contributed by atoms with Gasteiger partial charge in [0.05, 0.1) is 36.9 Å². The number of aromatic nitrogens is 1. The molecule has 3 aromatic rings. The highest BCUT2D eigenvalue weighted by Crippen LogP contribution is 2.29. The van der Waals surface area contributed by atoms with Gasteiger partial charge in [-0.1, -0.05) is 28.1 Å². The third-order valence-electron chi connectivity index (χ3n) is 4.44. The summed E-state index contributed by atoms with van der Waals surface area (Å²) in [5.41, 5.74) is 2.92. The summed E-state index contributed by atoms with van der Waals surface area (Å²) >= 11 is 3.44. The highest BCUT2D eigenvalue weighted by molar-refractivity contribution is 9.10. The highest BCUT2D eigenvalue weighted by atomic mass is 79.9. The third-order valence-corrected chi connectivity index (χ3v) is 4.94. The van der Waals surface area contributed by atoms with Crippen molar-refractivity contribution in [1.82, 2.24) is 4.98 Å². The quantitative estimate of drug-likeness (QED) is 0.491. The number of methoxy groups -OCH3 is 2. The first kappa shape index (κ1) is 22.3. The van der Waals surface area contributed by atoms with Crippen molar-refractivity contribution < 1.29 is 23.8 Å². The van der Waals surface area contributed by atoms with E-state index in [1.54, 1.807) is 37.3 Å². The largest absolute Gasteiger partial charge is 0.497 e. The zero-order valence-electron chi connectivity index (χ0n) is 17.3. The summed E-state index contributed by atoms with van der Waals surface area (Å²) in [4.78, 5) is 29.2. The molecule has 1 aromatic heterocycles. The molecule has 0 bridgehead atoms. The Labute approximate surface area is 188 Å². The number of nitrogens with zero attached hydrogens (tertiary/aromatic N) is 1. The van der Waals surface area contributed by atoms with E-state index in [0.29, 0.717) is 28.4 Å². The van der Waals surface area contributed by atoms with Crippen molar-refractivity contribution in [2.45, 2.75) is 6.92 Å². The fourth-order valence-electron chi connectivity index (χ4n) is 2.88. The summed E-state index contributed by atoms with van der Waals surface area (Å²) in [6.45, 7) is 1.28. The predicted molar refractivity (Wildman–Crippen MR) is 121 cm³/mol. The molecule has 0 radical (unpaired) electrons. The van der Waals surface area contributed by atoms with Crippen molar-refractivity contribution in [3.05, 3.63) is 70.3 Å². The summed E-state index contributed by atoms with van der Waals surface area (Å²) in [7, 11) is 3.02.